The number of carbonyl (C=O) groups excluding carboxylic acids is 1. The number of fused-ring (bicyclic) bond motifs is 1. The molecular weight excluding hydrogens is 376 g/mol. The van der Waals surface area contributed by atoms with Gasteiger partial charge in [-0.25, -0.2) is 13.1 Å². The molecule has 0 saturated heterocycles. The summed E-state index contributed by atoms with van der Waals surface area (Å²) in [6, 6.07) is 13.5. The topological polar surface area (TPSA) is 75.7 Å². The summed E-state index contributed by atoms with van der Waals surface area (Å²) >= 11 is 0. The van der Waals surface area contributed by atoms with Crippen LogP contribution in [0, 0.1) is 5.92 Å². The minimum atomic E-state index is -3.74. The minimum absolute atomic E-state index is 0.0326. The predicted octanol–water partition coefficient (Wildman–Crippen LogP) is 2.98. The van der Waals surface area contributed by atoms with Gasteiger partial charge in [0.15, 0.2) is 0 Å². The van der Waals surface area contributed by atoms with Crippen molar-refractivity contribution in [1.82, 2.24) is 4.72 Å². The molecule has 0 bridgehead atoms. The Balaban J connectivity index is 1.74. The number of ether oxygens (including phenoxy) is 1. The number of amides is 1. The summed E-state index contributed by atoms with van der Waals surface area (Å²) in [4.78, 5) is 14.8. The molecule has 0 radical (unpaired) electrons. The van der Waals surface area contributed by atoms with E-state index in [1.165, 1.54) is 19.2 Å². The van der Waals surface area contributed by atoms with Crippen molar-refractivity contribution in [2.24, 2.45) is 5.92 Å². The Morgan fingerprint density at radius 1 is 1.14 bits per heavy atom. The number of rotatable bonds is 7. The third kappa shape index (κ3) is 4.36. The Bertz CT molecular complexity index is 939. The van der Waals surface area contributed by atoms with Crippen LogP contribution < -0.4 is 14.4 Å². The lowest BCUT2D eigenvalue weighted by molar-refractivity contribution is -0.119. The van der Waals surface area contributed by atoms with Crippen molar-refractivity contribution in [1.29, 1.82) is 0 Å². The number of para-hydroxylation sites is 1. The number of methoxy groups -OCH3 is 1. The molecule has 1 atom stereocenters. The van der Waals surface area contributed by atoms with E-state index in [4.69, 9.17) is 4.74 Å². The van der Waals surface area contributed by atoms with E-state index in [1.807, 2.05) is 38.1 Å². The summed E-state index contributed by atoms with van der Waals surface area (Å²) in [7, 11) is -2.21. The quantitative estimate of drug-likeness (QED) is 0.773. The maximum atomic E-state index is 12.9. The van der Waals surface area contributed by atoms with E-state index in [0.717, 1.165) is 17.7 Å². The van der Waals surface area contributed by atoms with Gasteiger partial charge >= 0.3 is 0 Å². The largest absolute Gasteiger partial charge is 0.497 e. The highest BCUT2D eigenvalue weighted by atomic mass is 32.2. The number of hydrogen-bond donors (Lipinski definition) is 1. The van der Waals surface area contributed by atoms with Crippen LogP contribution in [-0.4, -0.2) is 34.0 Å². The van der Waals surface area contributed by atoms with Crippen LogP contribution in [0.15, 0.2) is 53.4 Å². The fourth-order valence-electron chi connectivity index (χ4n) is 3.33. The molecule has 1 heterocycles. The standard InChI is InChI=1S/C21H26N2O4S/c1-15(2)19(22-28(25,26)18-10-8-17(27-3)9-11-18)14-21(24)23-13-12-16-6-4-5-7-20(16)23/h4-11,15,19,22H,12-14H2,1-3H3/t19-/m1/s1. The van der Waals surface area contributed by atoms with Crippen LogP contribution in [-0.2, 0) is 21.2 Å². The number of carbonyl (C=O) groups is 1. The van der Waals surface area contributed by atoms with E-state index in [0.29, 0.717) is 12.3 Å². The first-order valence-electron chi connectivity index (χ1n) is 9.36. The van der Waals surface area contributed by atoms with Crippen molar-refractivity contribution >= 4 is 21.6 Å². The second kappa shape index (κ2) is 8.32. The number of nitrogens with one attached hydrogen (secondary N) is 1. The summed E-state index contributed by atoms with van der Waals surface area (Å²) in [5.41, 5.74) is 2.07. The summed E-state index contributed by atoms with van der Waals surface area (Å²) < 4.78 is 33.3. The lowest BCUT2D eigenvalue weighted by atomic mass is 10.0. The molecule has 0 unspecified atom stereocenters. The molecule has 0 aromatic heterocycles. The highest BCUT2D eigenvalue weighted by Crippen LogP contribution is 2.28. The molecule has 150 valence electrons. The average molecular weight is 403 g/mol. The van der Waals surface area contributed by atoms with Crippen LogP contribution >= 0.6 is 0 Å². The lowest BCUT2D eigenvalue weighted by Gasteiger charge is -2.25. The average Bonchev–Trinajstić information content (AvgIpc) is 3.11. The van der Waals surface area contributed by atoms with Gasteiger partial charge in [-0.05, 0) is 48.2 Å². The summed E-state index contributed by atoms with van der Waals surface area (Å²) in [6.07, 6.45) is 0.938. The fraction of sp³-hybridized carbons (Fsp3) is 0.381. The minimum Gasteiger partial charge on any atom is -0.497 e. The molecular formula is C21H26N2O4S. The molecule has 0 fully saturated rings. The van der Waals surface area contributed by atoms with E-state index >= 15 is 0 Å². The SMILES string of the molecule is COc1ccc(S(=O)(=O)N[C@H](CC(=O)N2CCc3ccccc32)C(C)C)cc1. The van der Waals surface area contributed by atoms with Gasteiger partial charge in [0.25, 0.3) is 0 Å². The third-order valence-electron chi connectivity index (χ3n) is 5.06. The highest BCUT2D eigenvalue weighted by molar-refractivity contribution is 7.89. The van der Waals surface area contributed by atoms with E-state index < -0.39 is 16.1 Å². The van der Waals surface area contributed by atoms with Crippen LogP contribution in [0.4, 0.5) is 5.69 Å². The Kier molecular flexibility index (Phi) is 6.05. The first-order valence-corrected chi connectivity index (χ1v) is 10.8. The zero-order valence-corrected chi connectivity index (χ0v) is 17.2. The van der Waals surface area contributed by atoms with Gasteiger partial charge in [-0.15, -0.1) is 0 Å². The van der Waals surface area contributed by atoms with Crippen molar-refractivity contribution < 1.29 is 17.9 Å². The first kappa shape index (κ1) is 20.4. The van der Waals surface area contributed by atoms with Gasteiger partial charge in [-0.1, -0.05) is 32.0 Å². The van der Waals surface area contributed by atoms with Crippen LogP contribution in [0.3, 0.4) is 0 Å². The number of hydrogen-bond acceptors (Lipinski definition) is 4. The Morgan fingerprint density at radius 3 is 2.46 bits per heavy atom. The number of sulfonamides is 1. The van der Waals surface area contributed by atoms with Crippen molar-refractivity contribution in [2.75, 3.05) is 18.6 Å². The van der Waals surface area contributed by atoms with Crippen LogP contribution in [0.1, 0.15) is 25.8 Å². The molecule has 1 aliphatic rings. The van der Waals surface area contributed by atoms with Crippen molar-refractivity contribution in [3.8, 4) is 5.75 Å². The van der Waals surface area contributed by atoms with Gasteiger partial charge in [0, 0.05) is 24.7 Å². The Morgan fingerprint density at radius 2 is 1.82 bits per heavy atom. The van der Waals surface area contributed by atoms with Gasteiger partial charge in [-0.2, -0.15) is 0 Å². The van der Waals surface area contributed by atoms with Gasteiger partial charge in [0.2, 0.25) is 15.9 Å². The predicted molar refractivity (Wildman–Crippen MR) is 109 cm³/mol. The molecule has 1 amide bonds. The zero-order chi connectivity index (χ0) is 20.3. The van der Waals surface area contributed by atoms with E-state index in [-0.39, 0.29) is 23.1 Å². The lowest BCUT2D eigenvalue weighted by Crippen LogP contribution is -2.43. The number of nitrogens with zero attached hydrogens (tertiary/aromatic N) is 1. The maximum absolute atomic E-state index is 12.9. The molecule has 6 nitrogen and oxygen atoms in total. The number of anilines is 1. The van der Waals surface area contributed by atoms with E-state index in [1.54, 1.807) is 17.0 Å². The Labute approximate surface area is 166 Å². The molecule has 0 saturated carbocycles. The van der Waals surface area contributed by atoms with Gasteiger partial charge < -0.3 is 9.64 Å². The smallest absolute Gasteiger partial charge is 0.240 e. The molecule has 1 aliphatic heterocycles. The summed E-state index contributed by atoms with van der Waals surface area (Å²) in [6.45, 7) is 4.45. The molecule has 1 N–H and O–H groups in total. The molecule has 2 aromatic carbocycles. The van der Waals surface area contributed by atoms with Crippen molar-refractivity contribution in [2.45, 2.75) is 37.6 Å². The fourth-order valence-corrected chi connectivity index (χ4v) is 4.72. The number of benzene rings is 2. The Hall–Kier alpha value is -2.38. The zero-order valence-electron chi connectivity index (χ0n) is 16.4. The van der Waals surface area contributed by atoms with Gasteiger partial charge in [0.05, 0.1) is 12.0 Å². The second-order valence-electron chi connectivity index (χ2n) is 7.28. The van der Waals surface area contributed by atoms with E-state index in [9.17, 15) is 13.2 Å². The van der Waals surface area contributed by atoms with Crippen molar-refractivity contribution in [3.63, 3.8) is 0 Å². The summed E-state index contributed by atoms with van der Waals surface area (Å²) in [5, 5.41) is 0. The molecule has 3 rings (SSSR count). The van der Waals surface area contributed by atoms with Gasteiger partial charge in [0.1, 0.15) is 5.75 Å². The molecule has 28 heavy (non-hydrogen) atoms. The van der Waals surface area contributed by atoms with Crippen LogP contribution in [0.5, 0.6) is 5.75 Å². The normalized spacial score (nSPS) is 14.8. The van der Waals surface area contributed by atoms with Gasteiger partial charge in [-0.3, -0.25) is 4.79 Å². The second-order valence-corrected chi connectivity index (χ2v) is 8.99. The summed E-state index contributed by atoms with van der Waals surface area (Å²) in [5.74, 6) is 0.484. The third-order valence-corrected chi connectivity index (χ3v) is 6.57. The monoisotopic (exact) mass is 402 g/mol. The molecule has 0 aliphatic carbocycles. The molecule has 0 spiro atoms. The highest BCUT2D eigenvalue weighted by Gasteiger charge is 2.29. The molecule has 2 aromatic rings. The van der Waals surface area contributed by atoms with E-state index in [2.05, 4.69) is 4.72 Å². The van der Waals surface area contributed by atoms with Crippen LogP contribution in [0.25, 0.3) is 0 Å². The van der Waals surface area contributed by atoms with Crippen LogP contribution in [0.2, 0.25) is 0 Å². The maximum Gasteiger partial charge on any atom is 0.240 e. The molecule has 7 heteroatoms. The van der Waals surface area contributed by atoms with Crippen molar-refractivity contribution in [3.05, 3.63) is 54.1 Å². The first-order chi connectivity index (χ1) is 13.3.